The van der Waals surface area contributed by atoms with E-state index in [1.807, 2.05) is 0 Å². The highest BCUT2D eigenvalue weighted by Gasteiger charge is 2.39. The summed E-state index contributed by atoms with van der Waals surface area (Å²) in [5.74, 6) is -0.286. The van der Waals surface area contributed by atoms with E-state index in [2.05, 4.69) is 20.1 Å². The van der Waals surface area contributed by atoms with Crippen molar-refractivity contribution < 1.29 is 13.2 Å². The van der Waals surface area contributed by atoms with E-state index in [1.54, 1.807) is 60.7 Å². The van der Waals surface area contributed by atoms with E-state index in [-0.39, 0.29) is 5.82 Å². The first kappa shape index (κ1) is 17.2. The number of hydrogen-bond donors (Lipinski definition) is 0. The van der Waals surface area contributed by atoms with Crippen LogP contribution in [0.3, 0.4) is 0 Å². The molecule has 9 heteroatoms. The van der Waals surface area contributed by atoms with Crippen molar-refractivity contribution >= 4 is 17.7 Å². The molecule has 0 aliphatic carbocycles. The van der Waals surface area contributed by atoms with Crippen molar-refractivity contribution in [3.63, 3.8) is 0 Å². The maximum atomic E-state index is 13.5. The molecule has 0 amide bonds. The van der Waals surface area contributed by atoms with Crippen LogP contribution in [0.15, 0.2) is 70.8 Å². The van der Waals surface area contributed by atoms with Gasteiger partial charge in [0, 0.05) is 11.1 Å². The molecule has 3 aromatic rings. The number of hydrogen-bond acceptors (Lipinski definition) is 3. The van der Waals surface area contributed by atoms with Crippen molar-refractivity contribution in [1.29, 1.82) is 0 Å². The van der Waals surface area contributed by atoms with Gasteiger partial charge >= 0.3 is 6.18 Å². The number of benzene rings is 2. The van der Waals surface area contributed by atoms with Gasteiger partial charge in [-0.2, -0.15) is 18.3 Å². The molecule has 0 saturated carbocycles. The highest BCUT2D eigenvalue weighted by molar-refractivity contribution is 5.89. The minimum atomic E-state index is -4.74. The second-order valence-corrected chi connectivity index (χ2v) is 5.11. The van der Waals surface area contributed by atoms with Crippen LogP contribution >= 0.6 is 0 Å². The molecule has 0 radical (unpaired) electrons. The quantitative estimate of drug-likeness (QED) is 0.260. The summed E-state index contributed by atoms with van der Waals surface area (Å²) in [5, 5.41) is 7.04. The van der Waals surface area contributed by atoms with Crippen LogP contribution in [0.2, 0.25) is 0 Å². The molecule has 3 rings (SSSR count). The molecule has 0 atom stereocenters. The van der Waals surface area contributed by atoms with Gasteiger partial charge in [0.25, 0.3) is 0 Å². The van der Waals surface area contributed by atoms with Gasteiger partial charge in [-0.3, -0.25) is 4.99 Å². The summed E-state index contributed by atoms with van der Waals surface area (Å²) in [4.78, 5) is 6.68. The predicted molar refractivity (Wildman–Crippen MR) is 91.1 cm³/mol. The molecule has 26 heavy (non-hydrogen) atoms. The Balaban J connectivity index is 2.22. The number of aliphatic imine (C=N–C) groups is 1. The van der Waals surface area contributed by atoms with E-state index in [9.17, 15) is 13.2 Å². The van der Waals surface area contributed by atoms with E-state index >= 15 is 0 Å². The Bertz CT molecular complexity index is 971. The molecule has 1 aromatic heterocycles. The Morgan fingerprint density at radius 3 is 2.19 bits per heavy atom. The molecular formula is C17H11F3N6. The maximum absolute atomic E-state index is 13.5. The first-order chi connectivity index (χ1) is 12.5. The van der Waals surface area contributed by atoms with Crippen molar-refractivity contribution in [1.82, 2.24) is 9.78 Å². The molecule has 0 N–H and O–H groups in total. The van der Waals surface area contributed by atoms with Gasteiger partial charge in [0.1, 0.15) is 5.82 Å². The Labute approximate surface area is 145 Å². The van der Waals surface area contributed by atoms with Gasteiger partial charge in [-0.15, -0.1) is 0 Å². The fourth-order valence-corrected chi connectivity index (χ4v) is 2.29. The van der Waals surface area contributed by atoms with Gasteiger partial charge in [-0.25, -0.2) is 4.68 Å². The zero-order valence-corrected chi connectivity index (χ0v) is 13.2. The second-order valence-electron chi connectivity index (χ2n) is 5.11. The molecule has 130 valence electrons. The smallest absolute Gasteiger partial charge is 0.256 e. The number of para-hydroxylation sites is 2. The van der Waals surface area contributed by atoms with Gasteiger partial charge in [0.2, 0.25) is 0 Å². The number of alkyl halides is 3. The molecule has 0 bridgehead atoms. The van der Waals surface area contributed by atoms with Crippen LogP contribution in [-0.2, 0) is 6.18 Å². The van der Waals surface area contributed by atoms with Crippen molar-refractivity contribution in [2.24, 2.45) is 10.1 Å². The zero-order chi connectivity index (χ0) is 18.6. The minimum absolute atomic E-state index is 0.286. The summed E-state index contributed by atoms with van der Waals surface area (Å²) >= 11 is 0. The molecule has 0 spiro atoms. The van der Waals surface area contributed by atoms with Gasteiger partial charge < -0.3 is 0 Å². The summed E-state index contributed by atoms with van der Waals surface area (Å²) in [6.45, 7) is 0. The summed E-state index contributed by atoms with van der Waals surface area (Å²) in [6, 6.07) is 16.6. The Hall–Kier alpha value is -3.58. The first-order valence-corrected chi connectivity index (χ1v) is 7.40. The Morgan fingerprint density at radius 2 is 1.62 bits per heavy atom. The third-order valence-corrected chi connectivity index (χ3v) is 3.40. The number of halogens is 3. The Morgan fingerprint density at radius 1 is 1.00 bits per heavy atom. The fourth-order valence-electron chi connectivity index (χ4n) is 2.29. The lowest BCUT2D eigenvalue weighted by Gasteiger charge is -2.03. The summed E-state index contributed by atoms with van der Waals surface area (Å²) in [5.41, 5.74) is 8.02. The average molecular weight is 356 g/mol. The van der Waals surface area contributed by atoms with Crippen LogP contribution in [0.5, 0.6) is 0 Å². The molecule has 0 saturated heterocycles. The van der Waals surface area contributed by atoms with Crippen LogP contribution in [0, 0.1) is 0 Å². The molecule has 0 unspecified atom stereocenters. The van der Waals surface area contributed by atoms with Crippen LogP contribution in [0.4, 0.5) is 24.7 Å². The Kier molecular flexibility index (Phi) is 4.72. The van der Waals surface area contributed by atoms with E-state index in [0.717, 1.165) is 10.9 Å². The van der Waals surface area contributed by atoms with Crippen molar-refractivity contribution in [3.8, 4) is 5.69 Å². The van der Waals surface area contributed by atoms with Crippen LogP contribution in [-0.4, -0.2) is 16.0 Å². The largest absolute Gasteiger partial charge is 0.435 e. The summed E-state index contributed by atoms with van der Waals surface area (Å²) < 4.78 is 41.3. The number of azide groups is 1. The first-order valence-electron chi connectivity index (χ1n) is 7.40. The zero-order valence-electron chi connectivity index (χ0n) is 13.2. The van der Waals surface area contributed by atoms with Gasteiger partial charge in [0.05, 0.1) is 16.9 Å². The van der Waals surface area contributed by atoms with Crippen molar-refractivity contribution in [2.45, 2.75) is 6.18 Å². The third kappa shape index (κ3) is 3.57. The fraction of sp³-hybridized carbons (Fsp3) is 0.0588. The standard InChI is InChI=1S/C17H11F3N6/c18-17(19,20)15-14(11-22-12-7-3-1-4-8-12)16(23-25-21)26(24-15)13-9-5-2-6-10-13/h1-11H. The monoisotopic (exact) mass is 356 g/mol. The highest BCUT2D eigenvalue weighted by Crippen LogP contribution is 2.36. The van der Waals surface area contributed by atoms with Crippen LogP contribution in [0.25, 0.3) is 16.1 Å². The highest BCUT2D eigenvalue weighted by atomic mass is 19.4. The molecule has 6 nitrogen and oxygen atoms in total. The van der Waals surface area contributed by atoms with Crippen LogP contribution in [0.1, 0.15) is 11.3 Å². The average Bonchev–Trinajstić information content (AvgIpc) is 3.01. The normalized spacial score (nSPS) is 11.5. The molecular weight excluding hydrogens is 345 g/mol. The summed E-state index contributed by atoms with van der Waals surface area (Å²) in [7, 11) is 0. The van der Waals surface area contributed by atoms with E-state index in [1.165, 1.54) is 0 Å². The lowest BCUT2D eigenvalue weighted by Crippen LogP contribution is -2.09. The molecule has 0 aliphatic rings. The SMILES string of the molecule is [N-]=[N+]=Nc1c(C=Nc2ccccc2)c(C(F)(F)F)nn1-c1ccccc1. The van der Waals surface area contributed by atoms with E-state index in [4.69, 9.17) is 5.53 Å². The molecule has 0 aliphatic heterocycles. The third-order valence-electron chi connectivity index (χ3n) is 3.40. The topological polar surface area (TPSA) is 78.9 Å². The minimum Gasteiger partial charge on any atom is -0.256 e. The predicted octanol–water partition coefficient (Wildman–Crippen LogP) is 5.58. The summed E-state index contributed by atoms with van der Waals surface area (Å²) in [6.07, 6.45) is -3.73. The van der Waals surface area contributed by atoms with Gasteiger partial charge in [-0.1, -0.05) is 36.4 Å². The lowest BCUT2D eigenvalue weighted by atomic mass is 10.2. The number of aromatic nitrogens is 2. The number of nitrogens with zero attached hydrogens (tertiary/aromatic N) is 6. The second kappa shape index (κ2) is 7.12. The van der Waals surface area contributed by atoms with Crippen LogP contribution < -0.4 is 0 Å². The van der Waals surface area contributed by atoms with Gasteiger partial charge in [-0.05, 0) is 34.9 Å². The molecule has 1 heterocycles. The molecule has 0 fully saturated rings. The van der Waals surface area contributed by atoms with E-state index in [0.29, 0.717) is 11.4 Å². The number of rotatable bonds is 4. The van der Waals surface area contributed by atoms with Crippen molar-refractivity contribution in [2.75, 3.05) is 0 Å². The van der Waals surface area contributed by atoms with E-state index < -0.39 is 17.4 Å². The maximum Gasteiger partial charge on any atom is 0.435 e. The van der Waals surface area contributed by atoms with Crippen molar-refractivity contribution in [3.05, 3.63) is 82.4 Å². The lowest BCUT2D eigenvalue weighted by molar-refractivity contribution is -0.141. The molecule has 2 aromatic carbocycles. The van der Waals surface area contributed by atoms with Gasteiger partial charge in [0.15, 0.2) is 5.69 Å².